The van der Waals surface area contributed by atoms with Crippen molar-refractivity contribution >= 4 is 46.2 Å². The lowest BCUT2D eigenvalue weighted by Crippen LogP contribution is -2.10. The van der Waals surface area contributed by atoms with E-state index in [-0.39, 0.29) is 0 Å². The van der Waals surface area contributed by atoms with E-state index in [0.717, 1.165) is 19.5 Å². The Morgan fingerprint density at radius 1 is 1.16 bits per heavy atom. The highest BCUT2D eigenvalue weighted by molar-refractivity contribution is 6.36. The van der Waals surface area contributed by atoms with Crippen molar-refractivity contribution in [2.45, 2.75) is 13.0 Å². The second-order valence-corrected chi connectivity index (χ2v) is 6.16. The summed E-state index contributed by atoms with van der Waals surface area (Å²) < 4.78 is 2.01. The number of nitrogens with one attached hydrogen (secondary N) is 2. The third-order valence-corrected chi connectivity index (χ3v) is 4.06. The molecule has 9 heteroatoms. The molecule has 0 saturated carbocycles. The minimum absolute atomic E-state index is 0.427. The number of nitrogens with zero attached hydrogens (tertiary/aromatic N) is 4. The third-order valence-electron chi connectivity index (χ3n) is 3.51. The fraction of sp³-hybridized carbons (Fsp3) is 0.188. The van der Waals surface area contributed by atoms with Gasteiger partial charge in [-0.1, -0.05) is 23.2 Å². The predicted octanol–water partition coefficient (Wildman–Crippen LogP) is 3.81. The fourth-order valence-corrected chi connectivity index (χ4v) is 2.70. The number of benzene rings is 1. The molecule has 0 aliphatic heterocycles. The standard InChI is InChI=1S/C16H17Cl2N7/c17-11-2-3-13(12(18)8-11)24-16-14(19)15(22-9-23-16)21-4-1-6-25-7-5-20-10-25/h2-3,5,7-10H,1,4,6,19H2,(H2,21,22,23,24). The third kappa shape index (κ3) is 4.52. The van der Waals surface area contributed by atoms with Crippen LogP contribution in [0.25, 0.3) is 0 Å². The van der Waals surface area contributed by atoms with Crippen molar-refractivity contribution in [3.63, 3.8) is 0 Å². The molecule has 130 valence electrons. The Hall–Kier alpha value is -2.51. The molecule has 3 rings (SSSR count). The molecule has 0 fully saturated rings. The lowest BCUT2D eigenvalue weighted by Gasteiger charge is -2.13. The number of nitrogens with two attached hydrogens (primary N) is 1. The van der Waals surface area contributed by atoms with Crippen molar-refractivity contribution in [2.75, 3.05) is 22.9 Å². The lowest BCUT2D eigenvalue weighted by molar-refractivity contribution is 0.660. The maximum Gasteiger partial charge on any atom is 0.159 e. The number of imidazole rings is 1. The van der Waals surface area contributed by atoms with Crippen LogP contribution in [0.4, 0.5) is 23.0 Å². The fourth-order valence-electron chi connectivity index (χ4n) is 2.24. The monoisotopic (exact) mass is 377 g/mol. The maximum absolute atomic E-state index is 6.17. The van der Waals surface area contributed by atoms with Gasteiger partial charge in [0.05, 0.1) is 17.0 Å². The highest BCUT2D eigenvalue weighted by Crippen LogP contribution is 2.31. The van der Waals surface area contributed by atoms with Crippen LogP contribution in [0.2, 0.25) is 10.0 Å². The summed E-state index contributed by atoms with van der Waals surface area (Å²) in [6, 6.07) is 5.16. The van der Waals surface area contributed by atoms with Crippen LogP contribution in [0, 0.1) is 0 Å². The summed E-state index contributed by atoms with van der Waals surface area (Å²) >= 11 is 12.1. The number of nitrogen functional groups attached to an aromatic ring is 1. The Morgan fingerprint density at radius 3 is 2.76 bits per heavy atom. The molecule has 0 atom stereocenters. The molecule has 0 saturated heterocycles. The van der Waals surface area contributed by atoms with Crippen molar-refractivity contribution < 1.29 is 0 Å². The Bertz CT molecular complexity index is 837. The van der Waals surface area contributed by atoms with Crippen LogP contribution in [0.1, 0.15) is 6.42 Å². The summed E-state index contributed by atoms with van der Waals surface area (Å²) in [6.45, 7) is 1.59. The molecule has 2 heterocycles. The molecular formula is C16H17Cl2N7. The van der Waals surface area contributed by atoms with Crippen LogP contribution in [0.3, 0.4) is 0 Å². The van der Waals surface area contributed by atoms with E-state index in [4.69, 9.17) is 28.9 Å². The van der Waals surface area contributed by atoms with Gasteiger partial charge in [0, 0.05) is 30.5 Å². The van der Waals surface area contributed by atoms with Crippen molar-refractivity contribution in [1.82, 2.24) is 19.5 Å². The van der Waals surface area contributed by atoms with Crippen molar-refractivity contribution in [3.05, 3.63) is 53.3 Å². The summed E-state index contributed by atoms with van der Waals surface area (Å²) in [7, 11) is 0. The van der Waals surface area contributed by atoms with E-state index in [0.29, 0.717) is 33.1 Å². The van der Waals surface area contributed by atoms with Crippen molar-refractivity contribution in [2.24, 2.45) is 0 Å². The first-order valence-corrected chi connectivity index (χ1v) is 8.41. The zero-order valence-corrected chi connectivity index (χ0v) is 14.8. The molecule has 0 amide bonds. The number of hydrogen-bond acceptors (Lipinski definition) is 6. The highest BCUT2D eigenvalue weighted by atomic mass is 35.5. The van der Waals surface area contributed by atoms with Gasteiger partial charge in [0.15, 0.2) is 11.6 Å². The van der Waals surface area contributed by atoms with E-state index < -0.39 is 0 Å². The van der Waals surface area contributed by atoms with Crippen molar-refractivity contribution in [1.29, 1.82) is 0 Å². The zero-order valence-electron chi connectivity index (χ0n) is 13.3. The molecule has 1 aromatic carbocycles. The van der Waals surface area contributed by atoms with Crippen LogP contribution in [-0.4, -0.2) is 26.1 Å². The Labute approximate surface area is 155 Å². The van der Waals surface area contributed by atoms with Crippen LogP contribution >= 0.6 is 23.2 Å². The van der Waals surface area contributed by atoms with Crippen LogP contribution in [0.15, 0.2) is 43.2 Å². The van der Waals surface area contributed by atoms with Crippen LogP contribution in [-0.2, 0) is 6.54 Å². The molecule has 4 N–H and O–H groups in total. The second kappa shape index (κ2) is 8.04. The van der Waals surface area contributed by atoms with E-state index in [9.17, 15) is 0 Å². The summed E-state index contributed by atoms with van der Waals surface area (Å²) in [6.07, 6.45) is 7.83. The molecule has 3 aromatic rings. The number of aromatic nitrogens is 4. The van der Waals surface area contributed by atoms with E-state index >= 15 is 0 Å². The van der Waals surface area contributed by atoms with Crippen molar-refractivity contribution in [3.8, 4) is 0 Å². The van der Waals surface area contributed by atoms with Gasteiger partial charge >= 0.3 is 0 Å². The average Bonchev–Trinajstić information content (AvgIpc) is 3.10. The first kappa shape index (κ1) is 17.3. The van der Waals surface area contributed by atoms with E-state index in [1.807, 2.05) is 10.8 Å². The number of anilines is 4. The number of halogens is 2. The summed E-state index contributed by atoms with van der Waals surface area (Å²) in [5, 5.41) is 7.37. The summed E-state index contributed by atoms with van der Waals surface area (Å²) in [5.74, 6) is 1.06. The van der Waals surface area contributed by atoms with Crippen LogP contribution in [0.5, 0.6) is 0 Å². The SMILES string of the molecule is Nc1c(NCCCn2ccnc2)ncnc1Nc1ccc(Cl)cc1Cl. The smallest absolute Gasteiger partial charge is 0.159 e. The summed E-state index contributed by atoms with van der Waals surface area (Å²) in [5.41, 5.74) is 7.25. The molecule has 0 aliphatic rings. The van der Waals surface area contributed by atoms with Gasteiger partial charge in [0.1, 0.15) is 12.0 Å². The molecule has 2 aromatic heterocycles. The molecule has 0 aliphatic carbocycles. The predicted molar refractivity (Wildman–Crippen MR) is 102 cm³/mol. The number of hydrogen-bond donors (Lipinski definition) is 3. The number of aryl methyl sites for hydroxylation is 1. The Kier molecular flexibility index (Phi) is 5.57. The van der Waals surface area contributed by atoms with Gasteiger partial charge in [-0.25, -0.2) is 15.0 Å². The highest BCUT2D eigenvalue weighted by Gasteiger charge is 2.10. The largest absolute Gasteiger partial charge is 0.393 e. The van der Waals surface area contributed by atoms with Gasteiger partial charge in [-0.2, -0.15) is 0 Å². The van der Waals surface area contributed by atoms with E-state index in [1.54, 1.807) is 30.7 Å². The molecule has 7 nitrogen and oxygen atoms in total. The Morgan fingerprint density at radius 2 is 2.00 bits per heavy atom. The normalized spacial score (nSPS) is 10.6. The quantitative estimate of drug-likeness (QED) is 0.542. The molecule has 0 unspecified atom stereocenters. The molecule has 25 heavy (non-hydrogen) atoms. The second-order valence-electron chi connectivity index (χ2n) is 5.31. The maximum atomic E-state index is 6.17. The van der Waals surface area contributed by atoms with Gasteiger partial charge in [0.25, 0.3) is 0 Å². The minimum Gasteiger partial charge on any atom is -0.393 e. The molecule has 0 spiro atoms. The summed E-state index contributed by atoms with van der Waals surface area (Å²) in [4.78, 5) is 12.4. The minimum atomic E-state index is 0.427. The molecule has 0 bridgehead atoms. The molecule has 0 radical (unpaired) electrons. The van der Waals surface area contributed by atoms with Gasteiger partial charge in [-0.3, -0.25) is 0 Å². The van der Waals surface area contributed by atoms with E-state index in [1.165, 1.54) is 6.33 Å². The van der Waals surface area contributed by atoms with E-state index in [2.05, 4.69) is 25.6 Å². The first-order valence-electron chi connectivity index (χ1n) is 7.65. The number of rotatable bonds is 7. The zero-order chi connectivity index (χ0) is 17.6. The van der Waals surface area contributed by atoms with Gasteiger partial charge in [0.2, 0.25) is 0 Å². The van der Waals surface area contributed by atoms with Gasteiger partial charge < -0.3 is 20.9 Å². The average molecular weight is 378 g/mol. The molecular weight excluding hydrogens is 361 g/mol. The van der Waals surface area contributed by atoms with Gasteiger partial charge in [-0.05, 0) is 24.6 Å². The lowest BCUT2D eigenvalue weighted by atomic mass is 10.3. The topological polar surface area (TPSA) is 93.7 Å². The first-order chi connectivity index (χ1) is 12.1. The van der Waals surface area contributed by atoms with Crippen LogP contribution < -0.4 is 16.4 Å². The Balaban J connectivity index is 1.63. The van der Waals surface area contributed by atoms with Gasteiger partial charge in [-0.15, -0.1) is 0 Å².